The van der Waals surface area contributed by atoms with Crippen molar-refractivity contribution in [2.75, 3.05) is 12.4 Å². The molecule has 20 heavy (non-hydrogen) atoms. The number of hydrogen-bond acceptors (Lipinski definition) is 5. The summed E-state index contributed by atoms with van der Waals surface area (Å²) in [6, 6.07) is 3.08. The average molecular weight is 276 g/mol. The minimum Gasteiger partial charge on any atom is -0.357 e. The van der Waals surface area contributed by atoms with Crippen LogP contribution in [0.4, 0.5) is 16.0 Å². The van der Waals surface area contributed by atoms with Gasteiger partial charge in [0.15, 0.2) is 5.69 Å². The predicted molar refractivity (Wildman–Crippen MR) is 73.1 cm³/mol. The summed E-state index contributed by atoms with van der Waals surface area (Å²) in [5, 5.41) is 13.8. The van der Waals surface area contributed by atoms with Gasteiger partial charge in [-0.15, -0.1) is 0 Å². The van der Waals surface area contributed by atoms with Crippen LogP contribution in [-0.4, -0.2) is 21.9 Å². The highest BCUT2D eigenvalue weighted by Gasteiger charge is 2.23. The third-order valence-electron chi connectivity index (χ3n) is 2.86. The van der Waals surface area contributed by atoms with Crippen LogP contribution >= 0.6 is 0 Å². The van der Waals surface area contributed by atoms with Gasteiger partial charge in [0.1, 0.15) is 12.0 Å². The molecule has 0 aliphatic carbocycles. The average Bonchev–Trinajstić information content (AvgIpc) is 2.37. The van der Waals surface area contributed by atoms with Crippen LogP contribution in [0.3, 0.4) is 0 Å². The number of aromatic nitrogens is 2. The van der Waals surface area contributed by atoms with Gasteiger partial charge >= 0.3 is 5.69 Å². The number of halogens is 1. The van der Waals surface area contributed by atoms with Gasteiger partial charge in [0.25, 0.3) is 0 Å². The first-order chi connectivity index (χ1) is 9.43. The Balaban J connectivity index is 2.77. The smallest absolute Gasteiger partial charge is 0.313 e. The number of nitrogens with zero attached hydrogens (tertiary/aromatic N) is 3. The second kappa shape index (κ2) is 5.20. The van der Waals surface area contributed by atoms with Crippen molar-refractivity contribution in [3.05, 3.63) is 45.4 Å². The number of rotatable bonds is 3. The van der Waals surface area contributed by atoms with E-state index in [0.717, 1.165) is 11.8 Å². The number of anilines is 1. The molecule has 2 rings (SSSR count). The van der Waals surface area contributed by atoms with Crippen molar-refractivity contribution >= 4 is 11.6 Å². The maximum atomic E-state index is 14.2. The zero-order valence-electron chi connectivity index (χ0n) is 11.3. The molecule has 1 N–H and O–H groups in total. The fraction of sp³-hybridized carbons (Fsp3) is 0.231. The van der Waals surface area contributed by atoms with E-state index in [9.17, 15) is 14.5 Å². The quantitative estimate of drug-likeness (QED) is 0.688. The van der Waals surface area contributed by atoms with Crippen LogP contribution in [0.5, 0.6) is 0 Å². The zero-order chi connectivity index (χ0) is 14.9. The van der Waals surface area contributed by atoms with Crippen molar-refractivity contribution in [3.63, 3.8) is 0 Å². The van der Waals surface area contributed by atoms with Crippen LogP contribution in [-0.2, 0) is 0 Å². The van der Waals surface area contributed by atoms with Crippen molar-refractivity contribution < 1.29 is 9.31 Å². The van der Waals surface area contributed by atoms with E-state index in [2.05, 4.69) is 15.3 Å². The van der Waals surface area contributed by atoms with Crippen molar-refractivity contribution in [1.82, 2.24) is 9.97 Å². The third kappa shape index (κ3) is 2.42. The van der Waals surface area contributed by atoms with E-state index in [4.69, 9.17) is 0 Å². The lowest BCUT2D eigenvalue weighted by Crippen LogP contribution is -2.03. The second-order valence-corrected chi connectivity index (χ2v) is 4.37. The topological polar surface area (TPSA) is 81.0 Å². The van der Waals surface area contributed by atoms with Gasteiger partial charge in [-0.2, -0.15) is 0 Å². The molecular weight excluding hydrogens is 263 g/mol. The van der Waals surface area contributed by atoms with Crippen LogP contribution in [0.2, 0.25) is 0 Å². The largest absolute Gasteiger partial charge is 0.357 e. The lowest BCUT2D eigenvalue weighted by Gasteiger charge is -2.09. The van der Waals surface area contributed by atoms with Crippen LogP contribution in [0, 0.1) is 29.8 Å². The first kappa shape index (κ1) is 13.9. The van der Waals surface area contributed by atoms with Crippen molar-refractivity contribution in [2.24, 2.45) is 0 Å². The fourth-order valence-electron chi connectivity index (χ4n) is 2.03. The Morgan fingerprint density at radius 3 is 2.60 bits per heavy atom. The molecule has 0 spiro atoms. The summed E-state index contributed by atoms with van der Waals surface area (Å²) in [6.45, 7) is 3.45. The molecule has 1 aromatic carbocycles. The minimum atomic E-state index is -0.618. The molecule has 1 heterocycles. The van der Waals surface area contributed by atoms with E-state index >= 15 is 0 Å². The maximum absolute atomic E-state index is 14.2. The highest BCUT2D eigenvalue weighted by molar-refractivity contribution is 5.73. The minimum absolute atomic E-state index is 0.0237. The van der Waals surface area contributed by atoms with E-state index in [0.29, 0.717) is 5.56 Å². The lowest BCUT2D eigenvalue weighted by atomic mass is 10.0. The van der Waals surface area contributed by atoms with Crippen LogP contribution < -0.4 is 5.32 Å². The summed E-state index contributed by atoms with van der Waals surface area (Å²) in [4.78, 5) is 18.3. The molecule has 0 aliphatic rings. The number of benzene rings is 1. The van der Waals surface area contributed by atoms with E-state index in [1.807, 2.05) is 0 Å². The van der Waals surface area contributed by atoms with Gasteiger partial charge in [-0.3, -0.25) is 10.1 Å². The summed E-state index contributed by atoms with van der Waals surface area (Å²) in [5.41, 5.74) is 1.11. The van der Waals surface area contributed by atoms with E-state index in [-0.39, 0.29) is 22.9 Å². The molecule has 0 amide bonds. The van der Waals surface area contributed by atoms with Gasteiger partial charge in [0.05, 0.1) is 4.92 Å². The Morgan fingerprint density at radius 2 is 2.05 bits per heavy atom. The first-order valence-corrected chi connectivity index (χ1v) is 5.90. The second-order valence-electron chi connectivity index (χ2n) is 4.37. The van der Waals surface area contributed by atoms with E-state index < -0.39 is 10.7 Å². The van der Waals surface area contributed by atoms with Gasteiger partial charge < -0.3 is 5.32 Å². The Hall–Kier alpha value is -2.57. The van der Waals surface area contributed by atoms with Gasteiger partial charge in [0, 0.05) is 12.6 Å². The maximum Gasteiger partial charge on any atom is 0.313 e. The van der Waals surface area contributed by atoms with Gasteiger partial charge in [0.2, 0.25) is 5.95 Å². The van der Waals surface area contributed by atoms with E-state index in [1.165, 1.54) is 6.07 Å². The molecular formula is C13H13FN4O2. The molecule has 0 unspecified atom stereocenters. The van der Waals surface area contributed by atoms with E-state index in [1.54, 1.807) is 27.0 Å². The summed E-state index contributed by atoms with van der Waals surface area (Å²) in [5.74, 6) is -0.337. The van der Waals surface area contributed by atoms with Gasteiger partial charge in [-0.1, -0.05) is 6.07 Å². The number of hydrogen-bond donors (Lipinski definition) is 1. The van der Waals surface area contributed by atoms with Crippen molar-refractivity contribution in [1.29, 1.82) is 0 Å². The monoisotopic (exact) mass is 276 g/mol. The Kier molecular flexibility index (Phi) is 3.60. The molecule has 0 atom stereocenters. The van der Waals surface area contributed by atoms with Crippen LogP contribution in [0.25, 0.3) is 11.3 Å². The van der Waals surface area contributed by atoms with Crippen molar-refractivity contribution in [3.8, 4) is 11.3 Å². The summed E-state index contributed by atoms with van der Waals surface area (Å²) in [7, 11) is 1.59. The highest BCUT2D eigenvalue weighted by Crippen LogP contribution is 2.33. The standard InChI is InChI=1S/C13H13FN4O2/c1-7-4-8(2)11(9(14)5-7)12-10(18(19)20)6-16-13(15-3)17-12/h4-6H,1-3H3,(H,15,16,17). The molecule has 0 saturated heterocycles. The highest BCUT2D eigenvalue weighted by atomic mass is 19.1. The van der Waals surface area contributed by atoms with Crippen LogP contribution in [0.1, 0.15) is 11.1 Å². The molecule has 0 bridgehead atoms. The molecule has 6 nitrogen and oxygen atoms in total. The molecule has 0 aliphatic heterocycles. The molecule has 0 fully saturated rings. The summed E-state index contributed by atoms with van der Waals surface area (Å²) in [6.07, 6.45) is 1.08. The molecule has 2 aromatic rings. The van der Waals surface area contributed by atoms with Crippen LogP contribution in [0.15, 0.2) is 18.3 Å². The number of nitrogens with one attached hydrogen (secondary N) is 1. The molecule has 104 valence electrons. The number of aryl methyl sites for hydroxylation is 2. The lowest BCUT2D eigenvalue weighted by molar-refractivity contribution is -0.384. The fourth-order valence-corrected chi connectivity index (χ4v) is 2.03. The zero-order valence-corrected chi connectivity index (χ0v) is 11.3. The van der Waals surface area contributed by atoms with Gasteiger partial charge in [-0.25, -0.2) is 14.4 Å². The third-order valence-corrected chi connectivity index (χ3v) is 2.86. The van der Waals surface area contributed by atoms with Crippen molar-refractivity contribution in [2.45, 2.75) is 13.8 Å². The van der Waals surface area contributed by atoms with Gasteiger partial charge in [-0.05, 0) is 31.0 Å². The molecule has 7 heteroatoms. The molecule has 1 aromatic heterocycles. The summed E-state index contributed by atoms with van der Waals surface area (Å²) >= 11 is 0. The first-order valence-electron chi connectivity index (χ1n) is 5.90. The Morgan fingerprint density at radius 1 is 1.35 bits per heavy atom. The SMILES string of the molecule is CNc1ncc([N+](=O)[O-])c(-c2c(C)cc(C)cc2F)n1. The summed E-state index contributed by atoms with van der Waals surface area (Å²) < 4.78 is 14.2. The molecule has 0 saturated carbocycles. The normalized spacial score (nSPS) is 10.4. The number of nitro groups is 1. The molecule has 0 radical (unpaired) electrons. The Bertz CT molecular complexity index is 665. The predicted octanol–water partition coefficient (Wildman–Crippen LogP) is 2.85. The Labute approximate surface area is 114 Å².